The average Bonchev–Trinajstić information content (AvgIpc) is 3.35. The summed E-state index contributed by atoms with van der Waals surface area (Å²) in [5.74, 6) is 0.702. The van der Waals surface area contributed by atoms with Crippen molar-refractivity contribution in [3.05, 3.63) is 83.4 Å². The number of nitrogens with zero attached hydrogens (tertiary/aromatic N) is 3. The number of hydrogen-bond donors (Lipinski definition) is 0. The van der Waals surface area contributed by atoms with Crippen LogP contribution in [0.2, 0.25) is 0 Å². The molecule has 0 saturated heterocycles. The van der Waals surface area contributed by atoms with Gasteiger partial charge in [0.2, 0.25) is 5.88 Å². The molecule has 5 heteroatoms. The molecule has 5 nitrogen and oxygen atoms in total. The normalized spacial score (nSPS) is 13.9. The Balaban J connectivity index is 1.61. The Morgan fingerprint density at radius 2 is 1.89 bits per heavy atom. The van der Waals surface area contributed by atoms with Crippen LogP contribution < -0.4 is 0 Å². The Morgan fingerprint density at radius 1 is 1.15 bits per heavy atom. The topological polar surface area (TPSA) is 62.2 Å². The average molecular weight is 357 g/mol. The molecule has 1 aliphatic heterocycles. The summed E-state index contributed by atoms with van der Waals surface area (Å²) in [5, 5.41) is 9.64. The second kappa shape index (κ2) is 7.00. The van der Waals surface area contributed by atoms with Crippen LogP contribution in [0.25, 0.3) is 11.5 Å². The van der Waals surface area contributed by atoms with Crippen LogP contribution in [0.5, 0.6) is 0 Å². The van der Waals surface area contributed by atoms with Crippen LogP contribution >= 0.6 is 0 Å². The summed E-state index contributed by atoms with van der Waals surface area (Å²) < 4.78 is 7.48. The molecule has 4 rings (SSSR count). The fourth-order valence-corrected chi connectivity index (χ4v) is 3.47. The van der Waals surface area contributed by atoms with Crippen LogP contribution in [0, 0.1) is 18.3 Å². The van der Waals surface area contributed by atoms with Crippen LogP contribution in [-0.2, 0) is 0 Å². The van der Waals surface area contributed by atoms with Gasteiger partial charge in [-0.2, -0.15) is 5.26 Å². The van der Waals surface area contributed by atoms with E-state index in [0.29, 0.717) is 30.3 Å². The molecule has 134 valence electrons. The highest BCUT2D eigenvalue weighted by Crippen LogP contribution is 2.28. The Hall–Kier alpha value is -3.52. The smallest absolute Gasteiger partial charge is 0.259 e. The zero-order valence-electron chi connectivity index (χ0n) is 15.1. The zero-order valence-corrected chi connectivity index (χ0v) is 15.1. The van der Waals surface area contributed by atoms with Crippen LogP contribution in [-0.4, -0.2) is 28.5 Å². The van der Waals surface area contributed by atoms with Gasteiger partial charge in [-0.25, -0.2) is 0 Å². The Morgan fingerprint density at radius 3 is 2.52 bits per heavy atom. The first kappa shape index (κ1) is 16.9. The Kier molecular flexibility index (Phi) is 4.39. The largest absolute Gasteiger partial charge is 0.443 e. The molecule has 1 aliphatic rings. The summed E-state index contributed by atoms with van der Waals surface area (Å²) in [4.78, 5) is 14.9. The molecule has 1 amide bonds. The molecule has 27 heavy (non-hydrogen) atoms. The lowest BCUT2D eigenvalue weighted by Crippen LogP contribution is -2.35. The molecule has 0 N–H and O–H groups in total. The molecule has 3 aromatic rings. The van der Waals surface area contributed by atoms with Gasteiger partial charge in [0, 0.05) is 25.5 Å². The van der Waals surface area contributed by atoms with Gasteiger partial charge in [-0.1, -0.05) is 36.4 Å². The summed E-state index contributed by atoms with van der Waals surface area (Å²) in [6.45, 7) is 2.88. The molecule has 0 aliphatic carbocycles. The molecular formula is C22H19N3O2. The highest BCUT2D eigenvalue weighted by atomic mass is 16.4. The fourth-order valence-electron chi connectivity index (χ4n) is 3.47. The van der Waals surface area contributed by atoms with Crippen LogP contribution in [0.15, 0.2) is 65.4 Å². The number of aryl methyl sites for hydroxylation is 1. The maximum atomic E-state index is 13.1. The van der Waals surface area contributed by atoms with Gasteiger partial charge in [0.1, 0.15) is 23.0 Å². The maximum absolute atomic E-state index is 13.1. The van der Waals surface area contributed by atoms with Crippen molar-refractivity contribution < 1.29 is 9.21 Å². The second-order valence-electron chi connectivity index (χ2n) is 6.51. The Labute approximate surface area is 157 Å². The number of amides is 1. The molecule has 0 saturated carbocycles. The van der Waals surface area contributed by atoms with E-state index < -0.39 is 0 Å². The monoisotopic (exact) mass is 357 g/mol. The first-order chi connectivity index (χ1) is 13.2. The van der Waals surface area contributed by atoms with Gasteiger partial charge in [0.25, 0.3) is 5.91 Å². The lowest BCUT2D eigenvalue weighted by molar-refractivity contribution is 0.0771. The van der Waals surface area contributed by atoms with Crippen molar-refractivity contribution in [2.45, 2.75) is 13.3 Å². The highest BCUT2D eigenvalue weighted by molar-refractivity contribution is 5.99. The number of rotatable bonds is 3. The lowest BCUT2D eigenvalue weighted by atomic mass is 9.99. The van der Waals surface area contributed by atoms with Gasteiger partial charge in [-0.05, 0) is 36.6 Å². The quantitative estimate of drug-likeness (QED) is 0.706. The first-order valence-corrected chi connectivity index (χ1v) is 8.89. The fraction of sp³-hybridized carbons (Fsp3) is 0.182. The highest BCUT2D eigenvalue weighted by Gasteiger charge is 2.28. The van der Waals surface area contributed by atoms with Crippen molar-refractivity contribution in [2.24, 2.45) is 0 Å². The number of benzene rings is 1. The van der Waals surface area contributed by atoms with E-state index in [2.05, 4.69) is 24.3 Å². The summed E-state index contributed by atoms with van der Waals surface area (Å²) in [6.07, 6.45) is 6.47. The lowest BCUT2D eigenvalue weighted by Gasteiger charge is -2.26. The van der Waals surface area contributed by atoms with E-state index in [4.69, 9.17) is 4.42 Å². The van der Waals surface area contributed by atoms with Crippen LogP contribution in [0.1, 0.15) is 33.7 Å². The van der Waals surface area contributed by atoms with E-state index >= 15 is 0 Å². The molecule has 0 bridgehead atoms. The van der Waals surface area contributed by atoms with Crippen molar-refractivity contribution >= 4 is 11.5 Å². The van der Waals surface area contributed by atoms with Crippen molar-refractivity contribution in [3.8, 4) is 12.0 Å². The SMILES string of the molecule is Cc1oc(-n2cccc2)c(C#N)c1C(=O)N1CC=C(c2ccccc2)CC1. The van der Waals surface area contributed by atoms with E-state index in [-0.39, 0.29) is 11.5 Å². The second-order valence-corrected chi connectivity index (χ2v) is 6.51. The van der Waals surface area contributed by atoms with Gasteiger partial charge in [-0.3, -0.25) is 9.36 Å². The zero-order chi connectivity index (χ0) is 18.8. The van der Waals surface area contributed by atoms with Gasteiger partial charge in [0.05, 0.1) is 0 Å². The van der Waals surface area contributed by atoms with Gasteiger partial charge >= 0.3 is 0 Å². The standard InChI is InChI=1S/C22H19N3O2/c1-16-20(19(15-23)22(27-16)25-11-5-6-12-25)21(26)24-13-9-18(10-14-24)17-7-3-2-4-8-17/h2-9,11-12H,10,13-14H2,1H3. The molecule has 2 aromatic heterocycles. The predicted molar refractivity (Wildman–Crippen MR) is 102 cm³/mol. The molecule has 0 unspecified atom stereocenters. The van der Waals surface area contributed by atoms with Gasteiger partial charge in [0.15, 0.2) is 0 Å². The van der Waals surface area contributed by atoms with Crippen molar-refractivity contribution in [2.75, 3.05) is 13.1 Å². The van der Waals surface area contributed by atoms with Crippen LogP contribution in [0.4, 0.5) is 0 Å². The minimum absolute atomic E-state index is 0.158. The van der Waals surface area contributed by atoms with Crippen molar-refractivity contribution in [3.63, 3.8) is 0 Å². The summed E-state index contributed by atoms with van der Waals surface area (Å²) in [6, 6.07) is 16.0. The van der Waals surface area contributed by atoms with Crippen LogP contribution in [0.3, 0.4) is 0 Å². The number of nitriles is 1. The molecular weight excluding hydrogens is 338 g/mol. The number of carbonyl (C=O) groups excluding carboxylic acids is 1. The van der Waals surface area contributed by atoms with E-state index in [1.807, 2.05) is 30.3 Å². The van der Waals surface area contributed by atoms with Gasteiger partial charge in [-0.15, -0.1) is 0 Å². The van der Waals surface area contributed by atoms with E-state index in [1.54, 1.807) is 28.8 Å². The van der Waals surface area contributed by atoms with Crippen molar-refractivity contribution in [1.29, 1.82) is 5.26 Å². The first-order valence-electron chi connectivity index (χ1n) is 8.89. The molecule has 1 aromatic carbocycles. The molecule has 0 radical (unpaired) electrons. The minimum Gasteiger partial charge on any atom is -0.443 e. The third-order valence-corrected chi connectivity index (χ3v) is 4.87. The van der Waals surface area contributed by atoms with Crippen molar-refractivity contribution in [1.82, 2.24) is 9.47 Å². The number of carbonyl (C=O) groups is 1. The molecule has 0 atom stereocenters. The Bertz CT molecular complexity index is 1040. The number of furan rings is 1. The molecule has 0 fully saturated rings. The minimum atomic E-state index is -0.158. The van der Waals surface area contributed by atoms with E-state index in [0.717, 1.165) is 6.42 Å². The number of hydrogen-bond acceptors (Lipinski definition) is 3. The summed E-state index contributed by atoms with van der Waals surface area (Å²) in [5.41, 5.74) is 3.08. The van der Waals surface area contributed by atoms with E-state index in [9.17, 15) is 10.1 Å². The third-order valence-electron chi connectivity index (χ3n) is 4.87. The molecule has 0 spiro atoms. The maximum Gasteiger partial charge on any atom is 0.259 e. The summed E-state index contributed by atoms with van der Waals surface area (Å²) in [7, 11) is 0. The predicted octanol–water partition coefficient (Wildman–Crippen LogP) is 4.18. The molecule has 3 heterocycles. The van der Waals surface area contributed by atoms with Gasteiger partial charge < -0.3 is 9.32 Å². The number of aromatic nitrogens is 1. The van der Waals surface area contributed by atoms with E-state index in [1.165, 1.54) is 11.1 Å². The summed E-state index contributed by atoms with van der Waals surface area (Å²) >= 11 is 0. The third kappa shape index (κ3) is 3.06.